The first-order chi connectivity index (χ1) is 12.2. The molecule has 1 aliphatic heterocycles. The summed E-state index contributed by atoms with van der Waals surface area (Å²) in [5.74, 6) is 0.0377. The van der Waals surface area contributed by atoms with Gasteiger partial charge >= 0.3 is 6.09 Å². The molecule has 0 N–H and O–H groups in total. The van der Waals surface area contributed by atoms with Crippen LogP contribution in [0.15, 0.2) is 41.8 Å². The first-order valence-corrected chi connectivity index (χ1v) is 9.38. The molecule has 2 amide bonds. The minimum Gasteiger partial charge on any atom is -0.450 e. The van der Waals surface area contributed by atoms with Crippen molar-refractivity contribution in [3.05, 3.63) is 57.8 Å². The van der Waals surface area contributed by atoms with Crippen LogP contribution in [-0.2, 0) is 11.2 Å². The monoisotopic (exact) mass is 358 g/mol. The molecule has 0 radical (unpaired) electrons. The maximum Gasteiger partial charge on any atom is 0.409 e. The van der Waals surface area contributed by atoms with Crippen LogP contribution in [0.5, 0.6) is 0 Å². The molecular formula is C19H22N2O3S. The Morgan fingerprint density at radius 2 is 1.76 bits per heavy atom. The lowest BCUT2D eigenvalue weighted by atomic mass is 10.0. The van der Waals surface area contributed by atoms with Crippen molar-refractivity contribution in [1.82, 2.24) is 9.80 Å². The van der Waals surface area contributed by atoms with E-state index in [1.807, 2.05) is 40.6 Å². The summed E-state index contributed by atoms with van der Waals surface area (Å²) >= 11 is 1.70. The molecule has 0 spiro atoms. The largest absolute Gasteiger partial charge is 0.450 e. The van der Waals surface area contributed by atoms with Gasteiger partial charge in [0.1, 0.15) is 0 Å². The van der Waals surface area contributed by atoms with Crippen LogP contribution in [0.4, 0.5) is 4.79 Å². The molecule has 1 saturated heterocycles. The van der Waals surface area contributed by atoms with Gasteiger partial charge in [0.25, 0.3) is 5.91 Å². The molecule has 2 heterocycles. The van der Waals surface area contributed by atoms with Gasteiger partial charge in [0.05, 0.1) is 6.61 Å². The summed E-state index contributed by atoms with van der Waals surface area (Å²) < 4.78 is 5.02. The van der Waals surface area contributed by atoms with Crippen molar-refractivity contribution in [3.63, 3.8) is 0 Å². The van der Waals surface area contributed by atoms with Crippen LogP contribution >= 0.6 is 11.3 Å². The Bertz CT molecular complexity index is 722. The predicted octanol–water partition coefficient (Wildman–Crippen LogP) is 3.25. The van der Waals surface area contributed by atoms with E-state index in [2.05, 4.69) is 6.07 Å². The highest BCUT2D eigenvalue weighted by Gasteiger charge is 2.26. The minimum absolute atomic E-state index is 0.0377. The van der Waals surface area contributed by atoms with Gasteiger partial charge in [0, 0.05) is 43.0 Å². The molecular weight excluding hydrogens is 336 g/mol. The number of carbonyl (C=O) groups is 2. The van der Waals surface area contributed by atoms with Crippen molar-refractivity contribution in [2.24, 2.45) is 0 Å². The molecule has 5 nitrogen and oxygen atoms in total. The lowest BCUT2D eigenvalue weighted by Crippen LogP contribution is -2.50. The van der Waals surface area contributed by atoms with E-state index in [9.17, 15) is 9.59 Å². The molecule has 0 aliphatic carbocycles. The highest BCUT2D eigenvalue weighted by atomic mass is 32.1. The number of benzene rings is 1. The summed E-state index contributed by atoms with van der Waals surface area (Å²) in [7, 11) is 0. The highest BCUT2D eigenvalue weighted by Crippen LogP contribution is 2.20. The summed E-state index contributed by atoms with van der Waals surface area (Å²) in [5.41, 5.74) is 1.79. The Kier molecular flexibility index (Phi) is 5.71. The normalized spacial score (nSPS) is 14.4. The molecule has 1 aromatic carbocycles. The van der Waals surface area contributed by atoms with Gasteiger partial charge in [0.2, 0.25) is 0 Å². The van der Waals surface area contributed by atoms with Crippen LogP contribution in [0.25, 0.3) is 0 Å². The van der Waals surface area contributed by atoms with Crippen molar-refractivity contribution in [1.29, 1.82) is 0 Å². The Balaban J connectivity index is 1.67. The average Bonchev–Trinajstić information content (AvgIpc) is 3.15. The molecule has 0 bridgehead atoms. The van der Waals surface area contributed by atoms with E-state index in [0.717, 1.165) is 17.5 Å². The Morgan fingerprint density at radius 1 is 1.04 bits per heavy atom. The number of rotatable bonds is 4. The van der Waals surface area contributed by atoms with Gasteiger partial charge in [-0.1, -0.05) is 24.3 Å². The minimum atomic E-state index is -0.298. The second-order valence-electron chi connectivity index (χ2n) is 5.89. The Hall–Kier alpha value is -2.34. The third kappa shape index (κ3) is 4.20. The van der Waals surface area contributed by atoms with Crippen LogP contribution in [-0.4, -0.2) is 54.6 Å². The van der Waals surface area contributed by atoms with Gasteiger partial charge in [-0.25, -0.2) is 4.79 Å². The first-order valence-electron chi connectivity index (χ1n) is 8.50. The summed E-state index contributed by atoms with van der Waals surface area (Å²) in [4.78, 5) is 29.4. The quantitative estimate of drug-likeness (QED) is 0.843. The van der Waals surface area contributed by atoms with Gasteiger partial charge in [0.15, 0.2) is 0 Å². The van der Waals surface area contributed by atoms with Crippen molar-refractivity contribution in [2.45, 2.75) is 13.3 Å². The Morgan fingerprint density at radius 3 is 2.44 bits per heavy atom. The number of carbonyl (C=O) groups excluding carboxylic acids is 2. The molecule has 3 rings (SSSR count). The number of thiophene rings is 1. The molecule has 1 aliphatic rings. The average molecular weight is 358 g/mol. The van der Waals surface area contributed by atoms with Crippen LogP contribution in [0.3, 0.4) is 0 Å². The zero-order valence-corrected chi connectivity index (χ0v) is 15.1. The van der Waals surface area contributed by atoms with Gasteiger partial charge in [-0.3, -0.25) is 4.79 Å². The smallest absolute Gasteiger partial charge is 0.409 e. The molecule has 25 heavy (non-hydrogen) atoms. The molecule has 6 heteroatoms. The number of nitrogens with zero attached hydrogens (tertiary/aromatic N) is 2. The van der Waals surface area contributed by atoms with Gasteiger partial charge < -0.3 is 14.5 Å². The zero-order valence-electron chi connectivity index (χ0n) is 14.3. The molecule has 0 saturated carbocycles. The molecule has 132 valence electrons. The van der Waals surface area contributed by atoms with Gasteiger partial charge in [-0.05, 0) is 30.0 Å². The third-order valence-electron chi connectivity index (χ3n) is 4.29. The fourth-order valence-electron chi connectivity index (χ4n) is 2.96. The molecule has 1 aromatic heterocycles. The standard InChI is InChI=1S/C19H22N2O3S/c1-2-24-19(23)21-11-9-20(10-12-21)18(22)17-8-4-3-6-15(17)14-16-7-5-13-25-16/h3-8,13H,2,9-12,14H2,1H3. The van der Waals surface area contributed by atoms with Crippen molar-refractivity contribution < 1.29 is 14.3 Å². The fourth-order valence-corrected chi connectivity index (χ4v) is 3.69. The van der Waals surface area contributed by atoms with Crippen molar-refractivity contribution >= 4 is 23.3 Å². The molecule has 0 atom stereocenters. The van der Waals surface area contributed by atoms with Gasteiger partial charge in [-0.15, -0.1) is 11.3 Å². The molecule has 2 aromatic rings. The second kappa shape index (κ2) is 8.16. The number of ether oxygens (including phenoxy) is 1. The van der Waals surface area contributed by atoms with Crippen LogP contribution in [0.1, 0.15) is 27.7 Å². The molecule has 1 fully saturated rings. The van der Waals surface area contributed by atoms with Crippen molar-refractivity contribution in [2.75, 3.05) is 32.8 Å². The van der Waals surface area contributed by atoms with Gasteiger partial charge in [-0.2, -0.15) is 0 Å². The van der Waals surface area contributed by atoms with E-state index in [1.165, 1.54) is 4.88 Å². The summed E-state index contributed by atoms with van der Waals surface area (Å²) in [6.45, 7) is 4.25. The topological polar surface area (TPSA) is 49.9 Å². The van der Waals surface area contributed by atoms with E-state index in [1.54, 1.807) is 23.2 Å². The van der Waals surface area contributed by atoms with Crippen LogP contribution in [0.2, 0.25) is 0 Å². The van der Waals surface area contributed by atoms with E-state index in [0.29, 0.717) is 32.8 Å². The van der Waals surface area contributed by atoms with Crippen molar-refractivity contribution in [3.8, 4) is 0 Å². The van der Waals surface area contributed by atoms with E-state index in [-0.39, 0.29) is 12.0 Å². The Labute approximate surface area is 151 Å². The number of hydrogen-bond acceptors (Lipinski definition) is 4. The second-order valence-corrected chi connectivity index (χ2v) is 6.92. The lowest BCUT2D eigenvalue weighted by Gasteiger charge is -2.34. The number of piperazine rings is 1. The predicted molar refractivity (Wildman–Crippen MR) is 98.1 cm³/mol. The maximum atomic E-state index is 12.9. The third-order valence-corrected chi connectivity index (χ3v) is 5.16. The summed E-state index contributed by atoms with van der Waals surface area (Å²) in [6.07, 6.45) is 0.468. The number of amides is 2. The summed E-state index contributed by atoms with van der Waals surface area (Å²) in [6, 6.07) is 11.9. The van der Waals surface area contributed by atoms with Crippen LogP contribution < -0.4 is 0 Å². The molecule has 0 unspecified atom stereocenters. The summed E-state index contributed by atoms with van der Waals surface area (Å²) in [5, 5.41) is 2.05. The fraction of sp³-hybridized carbons (Fsp3) is 0.368. The van der Waals surface area contributed by atoms with E-state index < -0.39 is 0 Å². The number of hydrogen-bond donors (Lipinski definition) is 0. The van der Waals surface area contributed by atoms with E-state index in [4.69, 9.17) is 4.74 Å². The SMILES string of the molecule is CCOC(=O)N1CCN(C(=O)c2ccccc2Cc2cccs2)CC1. The highest BCUT2D eigenvalue weighted by molar-refractivity contribution is 7.09. The van der Waals surface area contributed by atoms with E-state index >= 15 is 0 Å². The van der Waals surface area contributed by atoms with Crippen LogP contribution in [0, 0.1) is 0 Å². The lowest BCUT2D eigenvalue weighted by molar-refractivity contribution is 0.0569. The first kappa shape index (κ1) is 17.5. The zero-order chi connectivity index (χ0) is 17.6. The maximum absolute atomic E-state index is 12.9.